The Balaban J connectivity index is 1.70. The van der Waals surface area contributed by atoms with E-state index < -0.39 is 0 Å². The van der Waals surface area contributed by atoms with Gasteiger partial charge in [-0.1, -0.05) is 13.8 Å². The van der Waals surface area contributed by atoms with Crippen LogP contribution >= 0.6 is 0 Å². The monoisotopic (exact) mass is 304 g/mol. The predicted molar refractivity (Wildman–Crippen MR) is 83.1 cm³/mol. The average Bonchev–Trinajstić information content (AvgIpc) is 2.75. The molecule has 1 unspecified atom stereocenters. The molecular weight excluding hydrogens is 276 g/mol. The van der Waals surface area contributed by atoms with E-state index in [2.05, 4.69) is 13.8 Å². The van der Waals surface area contributed by atoms with Crippen LogP contribution in [0.25, 0.3) is 0 Å². The van der Waals surface area contributed by atoms with Gasteiger partial charge in [-0.25, -0.2) is 0 Å². The van der Waals surface area contributed by atoms with Crippen LogP contribution in [0.15, 0.2) is 0 Å². The SMILES string of the molecule is C[C@]12CCC(=O)C[C@@H]1CCC1[C@@H]2[C@@H](O)C[C@]2(C)C(=O)CC[C@@H]12. The average molecular weight is 304 g/mol. The molecule has 0 saturated heterocycles. The maximum absolute atomic E-state index is 12.4. The van der Waals surface area contributed by atoms with Crippen molar-refractivity contribution < 1.29 is 14.7 Å². The van der Waals surface area contributed by atoms with Crippen molar-refractivity contribution in [1.82, 2.24) is 0 Å². The zero-order valence-electron chi connectivity index (χ0n) is 13.8. The van der Waals surface area contributed by atoms with Gasteiger partial charge in [0.1, 0.15) is 11.6 Å². The van der Waals surface area contributed by atoms with Gasteiger partial charge in [-0.3, -0.25) is 9.59 Å². The molecule has 4 aliphatic rings. The van der Waals surface area contributed by atoms with Crippen molar-refractivity contribution in [3.63, 3.8) is 0 Å². The first kappa shape index (κ1) is 14.9. The van der Waals surface area contributed by atoms with Gasteiger partial charge in [0.05, 0.1) is 6.10 Å². The zero-order chi connectivity index (χ0) is 15.7. The van der Waals surface area contributed by atoms with Crippen molar-refractivity contribution in [2.24, 2.45) is 34.5 Å². The molecule has 3 nitrogen and oxygen atoms in total. The second-order valence-corrected chi connectivity index (χ2v) is 8.97. The van der Waals surface area contributed by atoms with Gasteiger partial charge in [0.15, 0.2) is 0 Å². The van der Waals surface area contributed by atoms with Crippen LogP contribution in [0.5, 0.6) is 0 Å². The maximum Gasteiger partial charge on any atom is 0.139 e. The summed E-state index contributed by atoms with van der Waals surface area (Å²) in [6, 6.07) is 0. The van der Waals surface area contributed by atoms with E-state index in [-0.39, 0.29) is 16.9 Å². The number of carbonyl (C=O) groups excluding carboxylic acids is 2. The summed E-state index contributed by atoms with van der Waals surface area (Å²) in [7, 11) is 0. The molecule has 22 heavy (non-hydrogen) atoms. The Morgan fingerprint density at radius 1 is 1.09 bits per heavy atom. The summed E-state index contributed by atoms with van der Waals surface area (Å²) in [5.41, 5.74) is -0.183. The molecule has 4 saturated carbocycles. The largest absolute Gasteiger partial charge is 0.393 e. The van der Waals surface area contributed by atoms with Crippen LogP contribution in [-0.4, -0.2) is 22.8 Å². The van der Waals surface area contributed by atoms with Crippen molar-refractivity contribution in [3.8, 4) is 0 Å². The van der Waals surface area contributed by atoms with Gasteiger partial charge in [0, 0.05) is 24.7 Å². The highest BCUT2D eigenvalue weighted by Crippen LogP contribution is 2.65. The van der Waals surface area contributed by atoms with E-state index >= 15 is 0 Å². The van der Waals surface area contributed by atoms with Crippen LogP contribution in [0, 0.1) is 34.5 Å². The number of carbonyl (C=O) groups is 2. The minimum atomic E-state index is -0.366. The highest BCUT2D eigenvalue weighted by molar-refractivity contribution is 5.87. The van der Waals surface area contributed by atoms with Crippen LogP contribution in [0.3, 0.4) is 0 Å². The van der Waals surface area contributed by atoms with Crippen LogP contribution in [-0.2, 0) is 9.59 Å². The second kappa shape index (κ2) is 4.66. The molecule has 0 heterocycles. The summed E-state index contributed by atoms with van der Waals surface area (Å²) < 4.78 is 0. The molecule has 4 fully saturated rings. The number of Topliss-reactive ketones (excluding diaryl/α,β-unsaturated/α-hetero) is 2. The van der Waals surface area contributed by atoms with Crippen LogP contribution < -0.4 is 0 Å². The molecule has 1 N–H and O–H groups in total. The molecule has 0 aromatic carbocycles. The normalized spacial score (nSPS) is 54.6. The zero-order valence-corrected chi connectivity index (χ0v) is 13.8. The lowest BCUT2D eigenvalue weighted by Gasteiger charge is -2.60. The standard InChI is InChI=1S/C19H28O3/c1-18-8-7-12(20)9-11(18)3-4-13-14-5-6-16(22)19(14,2)10-15(21)17(13)18/h11,13-15,17,21H,3-10H2,1-2H3/t11-,13?,14-,15-,17+,18-,19-/m0/s1. The summed E-state index contributed by atoms with van der Waals surface area (Å²) in [5.74, 6) is 2.47. The Morgan fingerprint density at radius 2 is 1.86 bits per heavy atom. The number of hydrogen-bond donors (Lipinski definition) is 1. The summed E-state index contributed by atoms with van der Waals surface area (Å²) in [5, 5.41) is 11.0. The van der Waals surface area contributed by atoms with Crippen molar-refractivity contribution in [2.45, 2.75) is 71.3 Å². The van der Waals surface area contributed by atoms with E-state index in [9.17, 15) is 14.7 Å². The van der Waals surface area contributed by atoms with E-state index in [0.717, 1.165) is 25.7 Å². The molecule has 0 aliphatic heterocycles. The lowest BCUT2D eigenvalue weighted by molar-refractivity contribution is -0.171. The number of aliphatic hydroxyl groups excluding tert-OH is 1. The second-order valence-electron chi connectivity index (χ2n) is 8.97. The highest BCUT2D eigenvalue weighted by Gasteiger charge is 2.63. The topological polar surface area (TPSA) is 54.4 Å². The van der Waals surface area contributed by atoms with Crippen molar-refractivity contribution >= 4 is 11.6 Å². The van der Waals surface area contributed by atoms with Gasteiger partial charge in [-0.2, -0.15) is 0 Å². The number of rotatable bonds is 0. The highest BCUT2D eigenvalue weighted by atomic mass is 16.3. The molecule has 0 bridgehead atoms. The molecule has 7 atom stereocenters. The van der Waals surface area contributed by atoms with E-state index in [1.54, 1.807) is 0 Å². The minimum Gasteiger partial charge on any atom is -0.393 e. The third-order valence-corrected chi connectivity index (χ3v) is 8.12. The molecule has 0 aromatic heterocycles. The minimum absolute atomic E-state index is 0.100. The van der Waals surface area contributed by atoms with E-state index in [4.69, 9.17) is 0 Å². The first-order valence-corrected chi connectivity index (χ1v) is 9.09. The van der Waals surface area contributed by atoms with E-state index in [1.807, 2.05) is 0 Å². The molecule has 0 spiro atoms. The number of ketones is 2. The summed E-state index contributed by atoms with van der Waals surface area (Å²) >= 11 is 0. The maximum atomic E-state index is 12.4. The fraction of sp³-hybridized carbons (Fsp3) is 0.895. The Bertz CT molecular complexity index is 527. The molecule has 4 rings (SSSR count). The fourth-order valence-electron chi connectivity index (χ4n) is 6.94. The predicted octanol–water partition coefficient (Wildman–Crippen LogP) is 3.14. The van der Waals surface area contributed by atoms with Crippen LogP contribution in [0.1, 0.15) is 65.2 Å². The first-order chi connectivity index (χ1) is 10.4. The Kier molecular flexibility index (Phi) is 3.15. The summed E-state index contributed by atoms with van der Waals surface area (Å²) in [6.07, 6.45) is 6.55. The van der Waals surface area contributed by atoms with E-state index in [0.29, 0.717) is 60.9 Å². The number of aliphatic hydroxyl groups is 1. The number of fused-ring (bicyclic) bond motifs is 5. The van der Waals surface area contributed by atoms with Crippen LogP contribution in [0.2, 0.25) is 0 Å². The lowest BCUT2D eigenvalue weighted by atomic mass is 9.44. The molecule has 0 amide bonds. The lowest BCUT2D eigenvalue weighted by Crippen LogP contribution is -2.58. The Morgan fingerprint density at radius 3 is 2.64 bits per heavy atom. The Labute approximate surface area is 132 Å². The van der Waals surface area contributed by atoms with Crippen molar-refractivity contribution in [3.05, 3.63) is 0 Å². The molecule has 4 aliphatic carbocycles. The van der Waals surface area contributed by atoms with Gasteiger partial charge in [0.25, 0.3) is 0 Å². The van der Waals surface area contributed by atoms with Crippen molar-refractivity contribution in [2.75, 3.05) is 0 Å². The van der Waals surface area contributed by atoms with Gasteiger partial charge < -0.3 is 5.11 Å². The number of hydrogen-bond acceptors (Lipinski definition) is 3. The molecule has 0 aromatic rings. The van der Waals surface area contributed by atoms with Crippen LogP contribution in [0.4, 0.5) is 0 Å². The van der Waals surface area contributed by atoms with Crippen molar-refractivity contribution in [1.29, 1.82) is 0 Å². The summed E-state index contributed by atoms with van der Waals surface area (Å²) in [6.45, 7) is 4.43. The molecule has 122 valence electrons. The third kappa shape index (κ3) is 1.78. The summed E-state index contributed by atoms with van der Waals surface area (Å²) in [4.78, 5) is 24.3. The van der Waals surface area contributed by atoms with E-state index in [1.165, 1.54) is 0 Å². The molecule has 0 radical (unpaired) electrons. The smallest absolute Gasteiger partial charge is 0.139 e. The molecule has 3 heteroatoms. The third-order valence-electron chi connectivity index (χ3n) is 8.12. The van der Waals surface area contributed by atoms with Gasteiger partial charge in [-0.05, 0) is 61.2 Å². The fourth-order valence-corrected chi connectivity index (χ4v) is 6.94. The van der Waals surface area contributed by atoms with Gasteiger partial charge in [0.2, 0.25) is 0 Å². The quantitative estimate of drug-likeness (QED) is 0.748. The van der Waals surface area contributed by atoms with Gasteiger partial charge >= 0.3 is 0 Å². The molecular formula is C19H28O3. The van der Waals surface area contributed by atoms with Gasteiger partial charge in [-0.15, -0.1) is 0 Å². The first-order valence-electron chi connectivity index (χ1n) is 9.09. The Hall–Kier alpha value is -0.700.